The Morgan fingerprint density at radius 2 is 1.69 bits per heavy atom. The lowest BCUT2D eigenvalue weighted by molar-refractivity contribution is -0.385. The molecule has 1 aliphatic carbocycles. The third-order valence-electron chi connectivity index (χ3n) is 6.75. The summed E-state index contributed by atoms with van der Waals surface area (Å²) in [5.74, 6) is -0.0638. The number of rotatable bonds is 5. The molecule has 3 N–H and O–H groups in total. The zero-order valence-corrected chi connectivity index (χ0v) is 19.8. The van der Waals surface area contributed by atoms with Crippen molar-refractivity contribution in [3.63, 3.8) is 0 Å². The first-order valence-corrected chi connectivity index (χ1v) is 11.9. The summed E-state index contributed by atoms with van der Waals surface area (Å²) in [7, 11) is 1.39. The van der Waals surface area contributed by atoms with Crippen LogP contribution in [0, 0.1) is 16.0 Å². The molecule has 184 valence electrons. The minimum absolute atomic E-state index is 0.0222. The molecule has 0 bridgehead atoms. The van der Waals surface area contributed by atoms with E-state index in [0.717, 1.165) is 31.2 Å². The molecule has 36 heavy (non-hydrogen) atoms. The average molecular weight is 487 g/mol. The van der Waals surface area contributed by atoms with Gasteiger partial charge in [0.05, 0.1) is 34.7 Å². The molecule has 2 aliphatic rings. The summed E-state index contributed by atoms with van der Waals surface area (Å²) in [4.78, 5) is 36.4. The quantitative estimate of drug-likeness (QED) is 0.296. The number of nitro groups is 1. The standard InChI is InChI=1S/C27H26N4O5/c1-36-25-14-18(8-12-24(25)31(34)35)17-7-10-20-22(13-17)29-21-11-9-19(15-23(21)30-27(20)33)28-26(32)16-5-3-2-4-6-16/h7-16,29H,2-6H2,1H3,(H,28,32)(H,30,33). The molecule has 1 saturated carbocycles. The predicted octanol–water partition coefficient (Wildman–Crippen LogP) is 6.10. The lowest BCUT2D eigenvalue weighted by atomic mass is 9.88. The van der Waals surface area contributed by atoms with Crippen LogP contribution in [0.4, 0.5) is 28.4 Å². The van der Waals surface area contributed by atoms with Crippen LogP contribution in [-0.4, -0.2) is 23.8 Å². The molecule has 0 saturated heterocycles. The fourth-order valence-electron chi connectivity index (χ4n) is 4.81. The van der Waals surface area contributed by atoms with Crippen LogP contribution in [0.5, 0.6) is 5.75 Å². The van der Waals surface area contributed by atoms with Gasteiger partial charge in [0.25, 0.3) is 5.91 Å². The van der Waals surface area contributed by atoms with Gasteiger partial charge in [-0.05, 0) is 66.4 Å². The lowest BCUT2D eigenvalue weighted by Crippen LogP contribution is -2.24. The fraction of sp³-hybridized carbons (Fsp3) is 0.259. The Hall–Kier alpha value is -4.40. The third-order valence-corrected chi connectivity index (χ3v) is 6.75. The number of hydrogen-bond acceptors (Lipinski definition) is 6. The number of nitrogens with zero attached hydrogens (tertiary/aromatic N) is 1. The van der Waals surface area contributed by atoms with E-state index < -0.39 is 4.92 Å². The fourth-order valence-corrected chi connectivity index (χ4v) is 4.81. The molecule has 3 aromatic carbocycles. The van der Waals surface area contributed by atoms with Crippen LogP contribution in [0.15, 0.2) is 54.6 Å². The van der Waals surface area contributed by atoms with Crippen molar-refractivity contribution in [2.24, 2.45) is 5.92 Å². The van der Waals surface area contributed by atoms with Gasteiger partial charge in [0, 0.05) is 17.7 Å². The average Bonchev–Trinajstić information content (AvgIpc) is 3.03. The maximum atomic E-state index is 13.0. The van der Waals surface area contributed by atoms with Gasteiger partial charge in [-0.15, -0.1) is 0 Å². The number of fused-ring (bicyclic) bond motifs is 2. The van der Waals surface area contributed by atoms with Crippen molar-refractivity contribution in [1.29, 1.82) is 0 Å². The van der Waals surface area contributed by atoms with Gasteiger partial charge in [0.15, 0.2) is 5.75 Å². The predicted molar refractivity (Wildman–Crippen MR) is 138 cm³/mol. The van der Waals surface area contributed by atoms with Crippen molar-refractivity contribution < 1.29 is 19.2 Å². The highest BCUT2D eigenvalue weighted by molar-refractivity contribution is 6.13. The topological polar surface area (TPSA) is 123 Å². The Morgan fingerprint density at radius 1 is 0.944 bits per heavy atom. The number of anilines is 4. The van der Waals surface area contributed by atoms with Crippen molar-refractivity contribution >= 4 is 40.3 Å². The molecule has 5 rings (SSSR count). The van der Waals surface area contributed by atoms with Crippen molar-refractivity contribution in [3.05, 3.63) is 70.3 Å². The zero-order valence-electron chi connectivity index (χ0n) is 19.8. The number of carbonyl (C=O) groups is 2. The number of nitro benzene ring substituents is 1. The van der Waals surface area contributed by atoms with E-state index in [4.69, 9.17) is 4.74 Å². The number of ether oxygens (including phenoxy) is 1. The number of amides is 2. The van der Waals surface area contributed by atoms with Crippen molar-refractivity contribution in [2.75, 3.05) is 23.1 Å². The second-order valence-corrected chi connectivity index (χ2v) is 9.07. The van der Waals surface area contributed by atoms with E-state index in [-0.39, 0.29) is 29.2 Å². The maximum Gasteiger partial charge on any atom is 0.310 e. The summed E-state index contributed by atoms with van der Waals surface area (Å²) in [6.45, 7) is 0. The molecule has 1 aliphatic heterocycles. The Morgan fingerprint density at radius 3 is 2.44 bits per heavy atom. The minimum Gasteiger partial charge on any atom is -0.490 e. The summed E-state index contributed by atoms with van der Waals surface area (Å²) >= 11 is 0. The van der Waals surface area contributed by atoms with Crippen LogP contribution >= 0.6 is 0 Å². The van der Waals surface area contributed by atoms with Crippen LogP contribution in [0.25, 0.3) is 11.1 Å². The summed E-state index contributed by atoms with van der Waals surface area (Å²) in [5, 5.41) is 20.4. The molecule has 9 nitrogen and oxygen atoms in total. The SMILES string of the molecule is COc1cc(-c2ccc3c(c2)Nc2ccc(NC(=O)C4CCCCC4)cc2NC3=O)ccc1[N+](=O)[O-]. The van der Waals surface area contributed by atoms with Gasteiger partial charge in [-0.25, -0.2) is 0 Å². The zero-order chi connectivity index (χ0) is 25.2. The van der Waals surface area contributed by atoms with E-state index in [1.807, 2.05) is 18.2 Å². The van der Waals surface area contributed by atoms with Crippen molar-refractivity contribution in [3.8, 4) is 16.9 Å². The first-order valence-electron chi connectivity index (χ1n) is 11.9. The first kappa shape index (κ1) is 23.3. The molecule has 0 atom stereocenters. The van der Waals surface area contributed by atoms with Crippen molar-refractivity contribution in [1.82, 2.24) is 0 Å². The number of nitrogens with one attached hydrogen (secondary N) is 3. The van der Waals surface area contributed by atoms with E-state index in [0.29, 0.717) is 33.9 Å². The summed E-state index contributed by atoms with van der Waals surface area (Å²) in [6, 6.07) is 15.4. The molecule has 0 aromatic heterocycles. The van der Waals surface area contributed by atoms with Crippen LogP contribution < -0.4 is 20.7 Å². The van der Waals surface area contributed by atoms with Crippen LogP contribution in [0.2, 0.25) is 0 Å². The van der Waals surface area contributed by atoms with Gasteiger partial charge in [-0.2, -0.15) is 0 Å². The summed E-state index contributed by atoms with van der Waals surface area (Å²) in [6.07, 6.45) is 5.16. The molecular formula is C27H26N4O5. The second kappa shape index (κ2) is 9.69. The highest BCUT2D eigenvalue weighted by Crippen LogP contribution is 2.38. The maximum absolute atomic E-state index is 13.0. The molecule has 3 aromatic rings. The van der Waals surface area contributed by atoms with E-state index in [1.165, 1.54) is 19.6 Å². The minimum atomic E-state index is -0.492. The van der Waals surface area contributed by atoms with E-state index >= 15 is 0 Å². The summed E-state index contributed by atoms with van der Waals surface area (Å²) in [5.41, 5.74) is 4.31. The molecule has 2 amide bonds. The molecule has 1 heterocycles. The smallest absolute Gasteiger partial charge is 0.310 e. The third kappa shape index (κ3) is 4.59. The molecule has 0 spiro atoms. The van der Waals surface area contributed by atoms with Crippen LogP contribution in [0.1, 0.15) is 42.5 Å². The highest BCUT2D eigenvalue weighted by Gasteiger charge is 2.23. The highest BCUT2D eigenvalue weighted by atomic mass is 16.6. The van der Waals surface area contributed by atoms with E-state index in [2.05, 4.69) is 16.0 Å². The van der Waals surface area contributed by atoms with E-state index in [1.54, 1.807) is 30.3 Å². The molecule has 9 heteroatoms. The number of methoxy groups -OCH3 is 1. The molecule has 0 unspecified atom stereocenters. The van der Waals surface area contributed by atoms with Crippen LogP contribution in [-0.2, 0) is 4.79 Å². The monoisotopic (exact) mass is 486 g/mol. The van der Waals surface area contributed by atoms with Gasteiger partial charge in [0.2, 0.25) is 5.91 Å². The molecule has 0 radical (unpaired) electrons. The number of hydrogen-bond donors (Lipinski definition) is 3. The lowest BCUT2D eigenvalue weighted by Gasteiger charge is -2.21. The van der Waals surface area contributed by atoms with Crippen molar-refractivity contribution in [2.45, 2.75) is 32.1 Å². The number of benzene rings is 3. The Bertz CT molecular complexity index is 1360. The van der Waals surface area contributed by atoms with E-state index in [9.17, 15) is 19.7 Å². The normalized spacial score (nSPS) is 15.0. The first-order chi connectivity index (χ1) is 17.4. The second-order valence-electron chi connectivity index (χ2n) is 9.07. The number of carbonyl (C=O) groups excluding carboxylic acids is 2. The molecular weight excluding hydrogens is 460 g/mol. The van der Waals surface area contributed by atoms with Gasteiger partial charge < -0.3 is 20.7 Å². The summed E-state index contributed by atoms with van der Waals surface area (Å²) < 4.78 is 5.19. The Labute approximate surface area is 208 Å². The Balaban J connectivity index is 1.41. The van der Waals surface area contributed by atoms with Gasteiger partial charge in [-0.3, -0.25) is 19.7 Å². The molecule has 1 fully saturated rings. The largest absolute Gasteiger partial charge is 0.490 e. The van der Waals surface area contributed by atoms with Crippen LogP contribution in [0.3, 0.4) is 0 Å². The van der Waals surface area contributed by atoms with Gasteiger partial charge >= 0.3 is 5.69 Å². The van der Waals surface area contributed by atoms with Gasteiger partial charge in [0.1, 0.15) is 0 Å². The van der Waals surface area contributed by atoms with Gasteiger partial charge in [-0.1, -0.05) is 25.3 Å². The Kier molecular flexibility index (Phi) is 6.28.